The van der Waals surface area contributed by atoms with Gasteiger partial charge in [-0.05, 0) is 50.2 Å². The number of hydrogen-bond donors (Lipinski definition) is 2. The number of fused-ring (bicyclic) bond motifs is 1. The minimum Gasteiger partial charge on any atom is -0.478 e. The maximum Gasteiger partial charge on any atom is 0.335 e. The maximum atomic E-state index is 13.4. The van der Waals surface area contributed by atoms with E-state index in [0.717, 1.165) is 11.1 Å². The summed E-state index contributed by atoms with van der Waals surface area (Å²) in [7, 11) is 1.95. The normalized spacial score (nSPS) is 19.5. The van der Waals surface area contributed by atoms with Gasteiger partial charge in [-0.15, -0.1) is 0 Å². The number of aromatic nitrogens is 1. The van der Waals surface area contributed by atoms with Crippen molar-refractivity contribution in [2.45, 2.75) is 39.5 Å². The molecule has 0 saturated heterocycles. The first-order valence-corrected chi connectivity index (χ1v) is 11.5. The summed E-state index contributed by atoms with van der Waals surface area (Å²) in [5, 5.41) is 19.0. The lowest BCUT2D eigenvalue weighted by atomic mass is 9.99. The van der Waals surface area contributed by atoms with Crippen molar-refractivity contribution in [1.29, 1.82) is 0 Å². The molecule has 2 aromatic rings. The van der Waals surface area contributed by atoms with Crippen molar-refractivity contribution in [2.75, 3.05) is 26.7 Å². The number of ether oxygens (including phenoxy) is 1. The Balaban J connectivity index is 1.87. The van der Waals surface area contributed by atoms with Crippen molar-refractivity contribution >= 4 is 18.0 Å². The molecule has 0 radical (unpaired) electrons. The predicted molar refractivity (Wildman–Crippen MR) is 130 cm³/mol. The van der Waals surface area contributed by atoms with E-state index in [0.29, 0.717) is 25.2 Å². The number of benzene rings is 1. The summed E-state index contributed by atoms with van der Waals surface area (Å²) < 4.78 is 6.30. The molecular formula is C26H33N3O5. The molecule has 0 spiro atoms. The Morgan fingerprint density at radius 3 is 2.82 bits per heavy atom. The van der Waals surface area contributed by atoms with Gasteiger partial charge in [0.1, 0.15) is 11.7 Å². The largest absolute Gasteiger partial charge is 0.478 e. The van der Waals surface area contributed by atoms with E-state index in [4.69, 9.17) is 4.74 Å². The fourth-order valence-electron chi connectivity index (χ4n) is 4.11. The summed E-state index contributed by atoms with van der Waals surface area (Å²) in [6.07, 6.45) is 5.16. The van der Waals surface area contributed by atoms with Crippen LogP contribution in [0.5, 0.6) is 5.88 Å². The van der Waals surface area contributed by atoms with Gasteiger partial charge in [0.25, 0.3) is 5.91 Å². The molecule has 3 atom stereocenters. The molecule has 1 aromatic carbocycles. The zero-order chi connectivity index (χ0) is 24.8. The minimum absolute atomic E-state index is 0.0316. The highest BCUT2D eigenvalue weighted by molar-refractivity contribution is 5.97. The van der Waals surface area contributed by atoms with Crippen LogP contribution in [0.2, 0.25) is 0 Å². The third kappa shape index (κ3) is 6.01. The van der Waals surface area contributed by atoms with Crippen LogP contribution in [0.15, 0.2) is 42.6 Å². The molecule has 182 valence electrons. The standard InChI is InChI=1S/C26H33N3O5/c1-5-7-19-11-22-24(27-12-19)34-23(17(2)13-29(25(22)31)18(3)16-30)15-28(4)14-20-8-6-9-21(10-20)26(32)33/h5-12,17-18,23,30H,13-16H2,1-4H3,(H,32,33)/t17-,18+,23-/m0/s1. The number of pyridine rings is 1. The Morgan fingerprint density at radius 1 is 1.38 bits per heavy atom. The predicted octanol–water partition coefficient (Wildman–Crippen LogP) is 3.17. The molecule has 8 heteroatoms. The molecule has 1 aliphatic rings. The number of allylic oxidation sites excluding steroid dienone is 1. The van der Waals surface area contributed by atoms with Gasteiger partial charge in [0.15, 0.2) is 0 Å². The summed E-state index contributed by atoms with van der Waals surface area (Å²) in [4.78, 5) is 32.9. The second kappa shape index (κ2) is 11.3. The van der Waals surface area contributed by atoms with Gasteiger partial charge in [-0.3, -0.25) is 9.69 Å². The van der Waals surface area contributed by atoms with Gasteiger partial charge in [0.05, 0.1) is 18.2 Å². The zero-order valence-electron chi connectivity index (χ0n) is 20.1. The molecule has 3 rings (SSSR count). The molecule has 0 unspecified atom stereocenters. The fraction of sp³-hybridized carbons (Fsp3) is 0.423. The van der Waals surface area contributed by atoms with Gasteiger partial charge >= 0.3 is 5.97 Å². The third-order valence-corrected chi connectivity index (χ3v) is 6.02. The van der Waals surface area contributed by atoms with E-state index >= 15 is 0 Å². The average Bonchev–Trinajstić information content (AvgIpc) is 2.81. The number of rotatable bonds is 8. The molecule has 1 aromatic heterocycles. The lowest BCUT2D eigenvalue weighted by Gasteiger charge is -2.37. The third-order valence-electron chi connectivity index (χ3n) is 6.02. The van der Waals surface area contributed by atoms with Crippen LogP contribution in [0, 0.1) is 5.92 Å². The Bertz CT molecular complexity index is 1050. The van der Waals surface area contributed by atoms with Crippen molar-refractivity contribution in [1.82, 2.24) is 14.8 Å². The van der Waals surface area contributed by atoms with Gasteiger partial charge in [-0.1, -0.05) is 31.2 Å². The van der Waals surface area contributed by atoms with Gasteiger partial charge in [-0.25, -0.2) is 9.78 Å². The first kappa shape index (κ1) is 25.4. The van der Waals surface area contributed by atoms with E-state index in [-0.39, 0.29) is 42.0 Å². The topological polar surface area (TPSA) is 103 Å². The number of aliphatic hydroxyl groups is 1. The molecule has 2 N–H and O–H groups in total. The van der Waals surface area contributed by atoms with Crippen LogP contribution in [0.1, 0.15) is 52.6 Å². The van der Waals surface area contributed by atoms with Gasteiger partial charge in [0.2, 0.25) is 5.88 Å². The molecule has 0 fully saturated rings. The van der Waals surface area contributed by atoms with Crippen LogP contribution in [-0.4, -0.2) is 75.8 Å². The number of likely N-dealkylation sites (N-methyl/N-ethyl adjacent to an activating group) is 1. The Morgan fingerprint density at radius 2 is 2.15 bits per heavy atom. The summed E-state index contributed by atoms with van der Waals surface area (Å²) in [6.45, 7) is 7.13. The highest BCUT2D eigenvalue weighted by Gasteiger charge is 2.34. The van der Waals surface area contributed by atoms with E-state index in [1.807, 2.05) is 46.0 Å². The van der Waals surface area contributed by atoms with Crippen molar-refractivity contribution in [3.8, 4) is 5.88 Å². The Kier molecular flexibility index (Phi) is 8.41. The van der Waals surface area contributed by atoms with E-state index < -0.39 is 5.97 Å². The summed E-state index contributed by atoms with van der Waals surface area (Å²) in [5.41, 5.74) is 2.32. The monoisotopic (exact) mass is 467 g/mol. The zero-order valence-corrected chi connectivity index (χ0v) is 20.1. The SMILES string of the molecule is CC=Cc1cnc2c(c1)C(=O)N([C@H](C)CO)C[C@H](C)[C@H](CN(C)Cc1cccc(C(=O)O)c1)O2. The quantitative estimate of drug-likeness (QED) is 0.615. The molecule has 34 heavy (non-hydrogen) atoms. The Labute approximate surface area is 200 Å². The number of hydrogen-bond acceptors (Lipinski definition) is 6. The first-order valence-electron chi connectivity index (χ1n) is 11.5. The van der Waals surface area contributed by atoms with Crippen molar-refractivity contribution in [2.24, 2.45) is 5.92 Å². The second-order valence-corrected chi connectivity index (χ2v) is 8.95. The van der Waals surface area contributed by atoms with E-state index in [1.54, 1.807) is 35.4 Å². The molecule has 0 aliphatic carbocycles. The lowest BCUT2D eigenvalue weighted by molar-refractivity contribution is 0.0325. The summed E-state index contributed by atoms with van der Waals surface area (Å²) in [6, 6.07) is 8.31. The Hall–Kier alpha value is -3.23. The van der Waals surface area contributed by atoms with Crippen LogP contribution in [0.4, 0.5) is 0 Å². The van der Waals surface area contributed by atoms with E-state index in [2.05, 4.69) is 9.88 Å². The van der Waals surface area contributed by atoms with Crippen LogP contribution in [0.3, 0.4) is 0 Å². The molecule has 1 aliphatic heterocycles. The number of carboxylic acids is 1. The maximum absolute atomic E-state index is 13.4. The summed E-state index contributed by atoms with van der Waals surface area (Å²) >= 11 is 0. The molecular weight excluding hydrogens is 434 g/mol. The molecule has 8 nitrogen and oxygen atoms in total. The fourth-order valence-corrected chi connectivity index (χ4v) is 4.11. The van der Waals surface area contributed by atoms with Crippen LogP contribution in [-0.2, 0) is 6.54 Å². The lowest BCUT2D eigenvalue weighted by Crippen LogP contribution is -2.49. The first-order chi connectivity index (χ1) is 16.2. The number of carbonyl (C=O) groups is 2. The van der Waals surface area contributed by atoms with Gasteiger partial charge in [-0.2, -0.15) is 0 Å². The van der Waals surface area contributed by atoms with Crippen molar-refractivity contribution in [3.05, 3.63) is 64.9 Å². The van der Waals surface area contributed by atoms with Crippen LogP contribution >= 0.6 is 0 Å². The van der Waals surface area contributed by atoms with E-state index in [9.17, 15) is 19.8 Å². The smallest absolute Gasteiger partial charge is 0.335 e. The highest BCUT2D eigenvalue weighted by atomic mass is 16.5. The van der Waals surface area contributed by atoms with Gasteiger partial charge in [0, 0.05) is 31.7 Å². The number of nitrogens with zero attached hydrogens (tertiary/aromatic N) is 3. The van der Waals surface area contributed by atoms with Crippen molar-refractivity contribution < 1.29 is 24.5 Å². The van der Waals surface area contributed by atoms with Gasteiger partial charge < -0.3 is 19.8 Å². The number of carbonyl (C=O) groups excluding carboxylic acids is 1. The second-order valence-electron chi connectivity index (χ2n) is 8.95. The van der Waals surface area contributed by atoms with E-state index in [1.165, 1.54) is 0 Å². The number of carboxylic acid groups (broad SMARTS) is 1. The van der Waals surface area contributed by atoms with Crippen LogP contribution < -0.4 is 4.74 Å². The van der Waals surface area contributed by atoms with Crippen LogP contribution in [0.25, 0.3) is 6.08 Å². The summed E-state index contributed by atoms with van der Waals surface area (Å²) in [5.74, 6) is -0.911. The molecule has 1 amide bonds. The van der Waals surface area contributed by atoms with Crippen molar-refractivity contribution in [3.63, 3.8) is 0 Å². The number of aliphatic hydroxyl groups excluding tert-OH is 1. The molecule has 0 bridgehead atoms. The molecule has 2 heterocycles. The average molecular weight is 468 g/mol. The number of amides is 1. The molecule has 0 saturated carbocycles. The number of aromatic carboxylic acids is 1. The minimum atomic E-state index is -0.954. The highest BCUT2D eigenvalue weighted by Crippen LogP contribution is 2.28.